The number of carbonyl (C=O) groups is 1. The molecule has 0 heterocycles. The van der Waals surface area contributed by atoms with Crippen LogP contribution in [0, 0.1) is 12.7 Å². The highest BCUT2D eigenvalue weighted by Gasteiger charge is 2.04. The Morgan fingerprint density at radius 1 is 1.32 bits per heavy atom. The average Bonchev–Trinajstić information content (AvgIpc) is 2.39. The lowest BCUT2D eigenvalue weighted by atomic mass is 10.0. The number of aryl methyl sites for hydroxylation is 1. The molecule has 0 radical (unpaired) electrons. The highest BCUT2D eigenvalue weighted by atomic mass is 19.1. The lowest BCUT2D eigenvalue weighted by Gasteiger charge is -2.04. The van der Waals surface area contributed by atoms with E-state index in [1.807, 2.05) is 13.0 Å². The minimum absolute atomic E-state index is 0.308. The summed E-state index contributed by atoms with van der Waals surface area (Å²) in [5.74, 6) is -0.996. The van der Waals surface area contributed by atoms with Crippen molar-refractivity contribution in [3.05, 3.63) is 63.8 Å². The lowest BCUT2D eigenvalue weighted by molar-refractivity contribution is -0.113. The number of rotatable bonds is 2. The fourth-order valence-corrected chi connectivity index (χ4v) is 1.83. The van der Waals surface area contributed by atoms with Gasteiger partial charge in [0.25, 0.3) is 0 Å². The monoisotopic (exact) mass is 255 g/mol. The van der Waals surface area contributed by atoms with Crippen LogP contribution in [0.3, 0.4) is 0 Å². The molecule has 0 saturated heterocycles. The molecule has 0 saturated carbocycles. The van der Waals surface area contributed by atoms with E-state index < -0.39 is 5.91 Å². The van der Waals surface area contributed by atoms with E-state index >= 15 is 0 Å². The van der Waals surface area contributed by atoms with Gasteiger partial charge in [0.15, 0.2) is 0 Å². The molecule has 0 aliphatic rings. The first-order valence-corrected chi connectivity index (χ1v) is 5.58. The Balaban J connectivity index is 2.53. The second-order valence-corrected chi connectivity index (χ2v) is 4.05. The van der Waals surface area contributed by atoms with Crippen molar-refractivity contribution < 1.29 is 9.18 Å². The summed E-state index contributed by atoms with van der Waals surface area (Å²) < 4.78 is 13.7. The quantitative estimate of drug-likeness (QED) is 0.344. The smallest absolute Gasteiger partial charge is 0.242 e. The molecule has 2 aromatic rings. The third kappa shape index (κ3) is 2.78. The Hall–Kier alpha value is -2.65. The van der Waals surface area contributed by atoms with E-state index in [2.05, 4.69) is 10.0 Å². The molecule has 0 aromatic heterocycles. The SMILES string of the molecule is Cc1ccc2c(/C=C\C(=O)N=[N+]=[N-])ccc(F)c2c1. The third-order valence-electron chi connectivity index (χ3n) is 2.70. The van der Waals surface area contributed by atoms with Gasteiger partial charge in [0.1, 0.15) is 5.82 Å². The van der Waals surface area contributed by atoms with Gasteiger partial charge in [0.2, 0.25) is 5.91 Å². The number of fused-ring (bicyclic) bond motifs is 1. The Bertz CT molecular complexity index is 731. The highest BCUT2D eigenvalue weighted by molar-refractivity contribution is 5.97. The van der Waals surface area contributed by atoms with Crippen LogP contribution in [0.25, 0.3) is 27.3 Å². The third-order valence-corrected chi connectivity index (χ3v) is 2.70. The molecule has 4 nitrogen and oxygen atoms in total. The van der Waals surface area contributed by atoms with Crippen molar-refractivity contribution in [2.45, 2.75) is 6.92 Å². The van der Waals surface area contributed by atoms with Crippen LogP contribution in [0.1, 0.15) is 11.1 Å². The number of benzene rings is 2. The maximum absolute atomic E-state index is 13.7. The maximum atomic E-state index is 13.7. The van der Waals surface area contributed by atoms with Gasteiger partial charge in [-0.3, -0.25) is 4.79 Å². The summed E-state index contributed by atoms with van der Waals surface area (Å²) in [7, 11) is 0. The normalized spacial score (nSPS) is 10.6. The zero-order valence-electron chi connectivity index (χ0n) is 10.2. The van der Waals surface area contributed by atoms with E-state index in [1.165, 1.54) is 12.1 Å². The van der Waals surface area contributed by atoms with Crippen molar-refractivity contribution >= 4 is 22.8 Å². The lowest BCUT2D eigenvalue weighted by Crippen LogP contribution is -1.87. The molecule has 0 aliphatic heterocycles. The number of azide groups is 1. The summed E-state index contributed by atoms with van der Waals surface area (Å²) in [5, 5.41) is 4.13. The van der Waals surface area contributed by atoms with E-state index in [9.17, 15) is 9.18 Å². The zero-order chi connectivity index (χ0) is 13.8. The van der Waals surface area contributed by atoms with Crippen LogP contribution in [0.4, 0.5) is 4.39 Å². The van der Waals surface area contributed by atoms with Gasteiger partial charge in [-0.25, -0.2) is 4.39 Å². The van der Waals surface area contributed by atoms with Crippen molar-refractivity contribution in [3.63, 3.8) is 0 Å². The summed E-state index contributed by atoms with van der Waals surface area (Å²) in [6, 6.07) is 8.34. The van der Waals surface area contributed by atoms with E-state index in [1.54, 1.807) is 18.2 Å². The van der Waals surface area contributed by atoms with Gasteiger partial charge >= 0.3 is 0 Å². The highest BCUT2D eigenvalue weighted by Crippen LogP contribution is 2.24. The number of amides is 1. The van der Waals surface area contributed by atoms with Crippen LogP contribution in [-0.4, -0.2) is 5.91 Å². The Morgan fingerprint density at radius 3 is 2.84 bits per heavy atom. The number of hydrogen-bond acceptors (Lipinski definition) is 1. The van der Waals surface area contributed by atoms with E-state index in [0.29, 0.717) is 16.3 Å². The first-order valence-electron chi connectivity index (χ1n) is 5.58. The average molecular weight is 255 g/mol. The van der Waals surface area contributed by atoms with E-state index in [0.717, 1.165) is 11.6 Å². The predicted octanol–water partition coefficient (Wildman–Crippen LogP) is 4.14. The van der Waals surface area contributed by atoms with Gasteiger partial charge in [-0.2, -0.15) is 0 Å². The first kappa shape index (κ1) is 12.8. The van der Waals surface area contributed by atoms with Gasteiger partial charge in [0, 0.05) is 10.3 Å². The summed E-state index contributed by atoms with van der Waals surface area (Å²) in [6.45, 7) is 1.88. The molecule has 0 spiro atoms. The Kier molecular flexibility index (Phi) is 3.59. The Labute approximate surface area is 108 Å². The molecule has 2 aromatic carbocycles. The van der Waals surface area contributed by atoms with Gasteiger partial charge < -0.3 is 0 Å². The minimum atomic E-state index is -0.688. The molecule has 0 bridgehead atoms. The van der Waals surface area contributed by atoms with Crippen molar-refractivity contribution in [3.8, 4) is 0 Å². The van der Waals surface area contributed by atoms with Crippen molar-refractivity contribution in [1.82, 2.24) is 0 Å². The molecule has 0 N–H and O–H groups in total. The van der Waals surface area contributed by atoms with Crippen molar-refractivity contribution in [2.24, 2.45) is 5.11 Å². The molecule has 94 valence electrons. The molecule has 19 heavy (non-hydrogen) atoms. The summed E-state index contributed by atoms with van der Waals surface area (Å²) in [4.78, 5) is 13.5. The molecule has 0 aliphatic carbocycles. The summed E-state index contributed by atoms with van der Waals surface area (Å²) in [5.41, 5.74) is 9.78. The largest absolute Gasteiger partial charge is 0.288 e. The molecule has 2 rings (SSSR count). The second-order valence-electron chi connectivity index (χ2n) is 4.05. The van der Waals surface area contributed by atoms with Gasteiger partial charge in [-0.15, -0.1) is 0 Å². The van der Waals surface area contributed by atoms with Crippen molar-refractivity contribution in [1.29, 1.82) is 0 Å². The summed E-state index contributed by atoms with van der Waals surface area (Å²) >= 11 is 0. The maximum Gasteiger partial charge on any atom is 0.242 e. The van der Waals surface area contributed by atoms with Crippen molar-refractivity contribution in [2.75, 3.05) is 0 Å². The molecule has 0 fully saturated rings. The second kappa shape index (κ2) is 5.33. The predicted molar refractivity (Wildman–Crippen MR) is 71.8 cm³/mol. The van der Waals surface area contributed by atoms with Gasteiger partial charge in [-0.1, -0.05) is 29.8 Å². The first-order chi connectivity index (χ1) is 9.11. The van der Waals surface area contributed by atoms with Crippen LogP contribution >= 0.6 is 0 Å². The van der Waals surface area contributed by atoms with Crippen LogP contribution in [0.15, 0.2) is 41.5 Å². The summed E-state index contributed by atoms with van der Waals surface area (Å²) in [6.07, 6.45) is 2.67. The minimum Gasteiger partial charge on any atom is -0.288 e. The number of halogens is 1. The fourth-order valence-electron chi connectivity index (χ4n) is 1.83. The zero-order valence-corrected chi connectivity index (χ0v) is 10.2. The van der Waals surface area contributed by atoms with Crippen LogP contribution in [-0.2, 0) is 4.79 Å². The molecular formula is C14H10FN3O. The number of carbonyl (C=O) groups excluding carboxylic acids is 1. The topological polar surface area (TPSA) is 65.8 Å². The molecule has 1 amide bonds. The number of hydrogen-bond donors (Lipinski definition) is 0. The van der Waals surface area contributed by atoms with Crippen LogP contribution < -0.4 is 0 Å². The van der Waals surface area contributed by atoms with Gasteiger partial charge in [0.05, 0.1) is 0 Å². The fraction of sp³-hybridized carbons (Fsp3) is 0.0714. The van der Waals surface area contributed by atoms with E-state index in [4.69, 9.17) is 5.53 Å². The van der Waals surface area contributed by atoms with Crippen LogP contribution in [0.2, 0.25) is 0 Å². The Morgan fingerprint density at radius 2 is 2.11 bits per heavy atom. The standard InChI is InChI=1S/C14H10FN3O/c1-9-2-5-11-10(4-7-14(19)17-18-16)3-6-13(15)12(11)8-9/h2-8H,1H3/b7-4-. The molecular weight excluding hydrogens is 245 g/mol. The number of nitrogens with zero attached hydrogens (tertiary/aromatic N) is 3. The molecule has 5 heteroatoms. The molecule has 0 atom stereocenters. The van der Waals surface area contributed by atoms with E-state index in [-0.39, 0.29) is 5.82 Å². The van der Waals surface area contributed by atoms with Crippen LogP contribution in [0.5, 0.6) is 0 Å². The molecule has 0 unspecified atom stereocenters. The van der Waals surface area contributed by atoms with Gasteiger partial charge in [-0.05, 0) is 46.7 Å².